The van der Waals surface area contributed by atoms with Crippen LogP contribution in [-0.2, 0) is 19.4 Å². The molecule has 3 aliphatic rings. The fourth-order valence-electron chi connectivity index (χ4n) is 3.60. The van der Waals surface area contributed by atoms with Crippen LogP contribution in [0.25, 0.3) is 0 Å². The quantitative estimate of drug-likeness (QED) is 0.800. The summed E-state index contributed by atoms with van der Waals surface area (Å²) in [5.41, 5.74) is 0. The number of nitrogens with zero attached hydrogens (tertiary/aromatic N) is 1. The van der Waals surface area contributed by atoms with Gasteiger partial charge in [0.05, 0.1) is 17.5 Å². The van der Waals surface area contributed by atoms with E-state index in [1.807, 2.05) is 0 Å². The van der Waals surface area contributed by atoms with Crippen LogP contribution in [0.3, 0.4) is 0 Å². The van der Waals surface area contributed by atoms with Crippen molar-refractivity contribution < 1.29 is 22.7 Å². The van der Waals surface area contributed by atoms with E-state index in [9.17, 15) is 18.0 Å². The summed E-state index contributed by atoms with van der Waals surface area (Å²) in [6.45, 7) is 0.641. The van der Waals surface area contributed by atoms with Crippen molar-refractivity contribution in [2.45, 2.75) is 44.2 Å². The van der Waals surface area contributed by atoms with E-state index in [1.54, 1.807) is 0 Å². The van der Waals surface area contributed by atoms with E-state index in [-0.39, 0.29) is 23.3 Å². The van der Waals surface area contributed by atoms with Gasteiger partial charge in [-0.3, -0.25) is 9.69 Å². The molecule has 1 aliphatic carbocycles. The number of amides is 2. The van der Waals surface area contributed by atoms with E-state index in [2.05, 4.69) is 5.32 Å². The molecule has 0 aromatic carbocycles. The zero-order valence-corrected chi connectivity index (χ0v) is 13.3. The van der Waals surface area contributed by atoms with E-state index in [4.69, 9.17) is 4.74 Å². The summed E-state index contributed by atoms with van der Waals surface area (Å²) in [4.78, 5) is 25.3. The average molecular weight is 330 g/mol. The molecule has 0 aromatic heterocycles. The van der Waals surface area contributed by atoms with E-state index >= 15 is 0 Å². The lowest BCUT2D eigenvalue weighted by Crippen LogP contribution is -2.43. The molecule has 2 saturated heterocycles. The first-order valence-corrected chi connectivity index (χ1v) is 9.74. The maximum absolute atomic E-state index is 12.0. The number of nitrogens with one attached hydrogen (secondary N) is 1. The predicted molar refractivity (Wildman–Crippen MR) is 79.0 cm³/mol. The molecule has 3 rings (SSSR count). The highest BCUT2D eigenvalue weighted by Crippen LogP contribution is 2.28. The molecular weight excluding hydrogens is 308 g/mol. The van der Waals surface area contributed by atoms with Crippen molar-refractivity contribution in [2.75, 3.05) is 24.6 Å². The minimum Gasteiger partial charge on any atom is -0.443 e. The molecule has 8 heteroatoms. The summed E-state index contributed by atoms with van der Waals surface area (Å²) in [7, 11) is -3.13. The van der Waals surface area contributed by atoms with Crippen LogP contribution in [0.1, 0.15) is 32.1 Å². The molecule has 2 aliphatic heterocycles. The first kappa shape index (κ1) is 15.6. The Bertz CT molecular complexity index is 556. The lowest BCUT2D eigenvalue weighted by molar-refractivity contribution is -0.125. The smallest absolute Gasteiger partial charge is 0.410 e. The molecule has 0 unspecified atom stereocenters. The molecule has 0 radical (unpaired) electrons. The molecular formula is C14H22N2O5S. The van der Waals surface area contributed by atoms with Gasteiger partial charge in [0.15, 0.2) is 9.84 Å². The number of sulfone groups is 1. The molecule has 3 fully saturated rings. The predicted octanol–water partition coefficient (Wildman–Crippen LogP) is 0.301. The first-order valence-electron chi connectivity index (χ1n) is 7.92. The maximum Gasteiger partial charge on any atom is 0.410 e. The summed E-state index contributed by atoms with van der Waals surface area (Å²) < 4.78 is 28.3. The summed E-state index contributed by atoms with van der Waals surface area (Å²) in [5, 5.41) is 2.86. The summed E-state index contributed by atoms with van der Waals surface area (Å²) in [6, 6.07) is -0.399. The zero-order chi connectivity index (χ0) is 15.7. The number of fused-ring (bicyclic) bond motifs is 1. The van der Waals surface area contributed by atoms with Gasteiger partial charge in [-0.15, -0.1) is 0 Å². The molecule has 0 spiro atoms. The first-order chi connectivity index (χ1) is 10.5. The normalized spacial score (nSPS) is 30.9. The Morgan fingerprint density at radius 3 is 2.68 bits per heavy atom. The van der Waals surface area contributed by atoms with Crippen molar-refractivity contribution in [2.24, 2.45) is 5.92 Å². The van der Waals surface area contributed by atoms with Gasteiger partial charge in [-0.1, -0.05) is 19.3 Å². The Morgan fingerprint density at radius 1 is 1.23 bits per heavy atom. The third-order valence-electron chi connectivity index (χ3n) is 4.79. The van der Waals surface area contributed by atoms with Gasteiger partial charge in [0.25, 0.3) is 0 Å². The van der Waals surface area contributed by atoms with E-state index in [0.717, 1.165) is 25.7 Å². The molecule has 0 aromatic rings. The third kappa shape index (κ3) is 3.21. The molecule has 1 saturated carbocycles. The molecule has 2 amide bonds. The molecule has 22 heavy (non-hydrogen) atoms. The third-order valence-corrected chi connectivity index (χ3v) is 6.47. The molecule has 2 atom stereocenters. The van der Waals surface area contributed by atoms with E-state index in [0.29, 0.717) is 13.1 Å². The highest BCUT2D eigenvalue weighted by molar-refractivity contribution is 7.91. The molecule has 1 N–H and O–H groups in total. The Kier molecular flexibility index (Phi) is 4.29. The van der Waals surface area contributed by atoms with Crippen LogP contribution in [0.15, 0.2) is 0 Å². The van der Waals surface area contributed by atoms with Crippen molar-refractivity contribution in [3.63, 3.8) is 0 Å². The Labute approximate surface area is 130 Å². The van der Waals surface area contributed by atoms with E-state index in [1.165, 1.54) is 11.3 Å². The van der Waals surface area contributed by atoms with Gasteiger partial charge < -0.3 is 10.1 Å². The van der Waals surface area contributed by atoms with Crippen molar-refractivity contribution in [1.82, 2.24) is 10.2 Å². The average Bonchev–Trinajstić information content (AvgIpc) is 2.92. The second kappa shape index (κ2) is 6.06. The topological polar surface area (TPSA) is 92.8 Å². The highest BCUT2D eigenvalue weighted by atomic mass is 32.2. The van der Waals surface area contributed by atoms with Crippen LogP contribution >= 0.6 is 0 Å². The van der Waals surface area contributed by atoms with Gasteiger partial charge >= 0.3 is 6.09 Å². The van der Waals surface area contributed by atoms with Gasteiger partial charge in [-0.05, 0) is 12.8 Å². The number of hydrogen-bond donors (Lipinski definition) is 1. The minimum absolute atomic E-state index is 0.0417. The molecule has 7 nitrogen and oxygen atoms in total. The summed E-state index contributed by atoms with van der Waals surface area (Å²) >= 11 is 0. The summed E-state index contributed by atoms with van der Waals surface area (Å²) in [5.74, 6) is -0.00402. The van der Waals surface area contributed by atoms with Gasteiger partial charge in [0.1, 0.15) is 6.10 Å². The van der Waals surface area contributed by atoms with Gasteiger partial charge in [0, 0.05) is 19.0 Å². The van der Waals surface area contributed by atoms with Crippen molar-refractivity contribution >= 4 is 21.8 Å². The highest BCUT2D eigenvalue weighted by Gasteiger charge is 2.50. The largest absolute Gasteiger partial charge is 0.443 e. The van der Waals surface area contributed by atoms with Crippen molar-refractivity contribution in [3.05, 3.63) is 0 Å². The van der Waals surface area contributed by atoms with Gasteiger partial charge in [-0.2, -0.15) is 0 Å². The number of hydrogen-bond acceptors (Lipinski definition) is 5. The second-order valence-electron chi connectivity index (χ2n) is 6.39. The Hall–Kier alpha value is -1.31. The molecule has 124 valence electrons. The standard InChI is InChI=1S/C14H22N2O5S/c17-13(10-4-2-1-3-5-10)15-6-7-16-11-8-22(19,20)9-12(11)21-14(16)18/h10-12H,1-9H2,(H,15,17)/t11-,12-/m1/s1. The lowest BCUT2D eigenvalue weighted by Gasteiger charge is -2.23. The fraction of sp³-hybridized carbons (Fsp3) is 0.857. The van der Waals surface area contributed by atoms with Crippen LogP contribution in [0.2, 0.25) is 0 Å². The van der Waals surface area contributed by atoms with Gasteiger partial charge in [-0.25, -0.2) is 13.2 Å². The van der Waals surface area contributed by atoms with Crippen LogP contribution in [0, 0.1) is 5.92 Å². The van der Waals surface area contributed by atoms with Crippen molar-refractivity contribution in [1.29, 1.82) is 0 Å². The maximum atomic E-state index is 12.0. The molecule has 2 heterocycles. The van der Waals surface area contributed by atoms with Crippen LogP contribution < -0.4 is 5.32 Å². The Balaban J connectivity index is 1.48. The number of carbonyl (C=O) groups excluding carboxylic acids is 2. The fourth-order valence-corrected chi connectivity index (χ4v) is 5.44. The number of carbonyl (C=O) groups is 2. The molecule has 0 bridgehead atoms. The van der Waals surface area contributed by atoms with Crippen LogP contribution in [0.5, 0.6) is 0 Å². The second-order valence-corrected chi connectivity index (χ2v) is 8.54. The Morgan fingerprint density at radius 2 is 1.95 bits per heavy atom. The van der Waals surface area contributed by atoms with E-state index < -0.39 is 28.1 Å². The zero-order valence-electron chi connectivity index (χ0n) is 12.5. The summed E-state index contributed by atoms with van der Waals surface area (Å²) in [6.07, 6.45) is 4.22. The number of ether oxygens (including phenoxy) is 1. The number of rotatable bonds is 4. The van der Waals surface area contributed by atoms with Gasteiger partial charge in [0.2, 0.25) is 5.91 Å². The SMILES string of the molecule is O=C(NCCN1C(=O)O[C@@H]2CS(=O)(=O)C[C@H]21)C1CCCCC1. The van der Waals surface area contributed by atoms with Crippen LogP contribution in [-0.4, -0.2) is 62.1 Å². The van der Waals surface area contributed by atoms with Crippen molar-refractivity contribution in [3.8, 4) is 0 Å². The van der Waals surface area contributed by atoms with Crippen LogP contribution in [0.4, 0.5) is 4.79 Å². The lowest BCUT2D eigenvalue weighted by atomic mass is 9.89. The monoisotopic (exact) mass is 330 g/mol. The minimum atomic E-state index is -3.13.